The third-order valence-corrected chi connectivity index (χ3v) is 2.14. The number of ether oxygens (including phenoxy) is 1. The summed E-state index contributed by atoms with van der Waals surface area (Å²) in [5.74, 6) is -0.527. The Morgan fingerprint density at radius 3 is 3.12 bits per heavy atom. The minimum Gasteiger partial charge on any atom is -0.461 e. The lowest BCUT2D eigenvalue weighted by molar-refractivity contribution is 0.0517. The van der Waals surface area contributed by atoms with Gasteiger partial charge in [-0.3, -0.25) is 4.79 Å². The molecule has 0 radical (unpaired) electrons. The van der Waals surface area contributed by atoms with E-state index in [1.54, 1.807) is 25.3 Å². The van der Waals surface area contributed by atoms with Crippen LogP contribution in [0.5, 0.6) is 0 Å². The normalized spacial score (nSPS) is 10.3. The third-order valence-electron chi connectivity index (χ3n) is 2.14. The van der Waals surface area contributed by atoms with Gasteiger partial charge in [0.1, 0.15) is 0 Å². The van der Waals surface area contributed by atoms with Crippen LogP contribution in [0.1, 0.15) is 27.8 Å². The number of carbonyl (C=O) groups is 2. The van der Waals surface area contributed by atoms with Gasteiger partial charge in [-0.25, -0.2) is 9.31 Å². The second kappa shape index (κ2) is 4.14. The Bertz CT molecular complexity index is 545. The average molecular weight is 218 g/mol. The molecule has 82 valence electrons. The molecule has 0 aliphatic heterocycles. The molecule has 0 fully saturated rings. The number of esters is 1. The number of hydrogen-bond acceptors (Lipinski definition) is 4. The van der Waals surface area contributed by atoms with Gasteiger partial charge in [0, 0.05) is 11.8 Å². The predicted molar refractivity (Wildman–Crippen MR) is 56.5 cm³/mol. The molecule has 0 aromatic carbocycles. The fourth-order valence-corrected chi connectivity index (χ4v) is 1.45. The molecule has 2 aromatic rings. The summed E-state index contributed by atoms with van der Waals surface area (Å²) < 4.78 is 6.30. The summed E-state index contributed by atoms with van der Waals surface area (Å²) in [4.78, 5) is 22.3. The van der Waals surface area contributed by atoms with Crippen molar-refractivity contribution in [3.63, 3.8) is 0 Å². The van der Waals surface area contributed by atoms with Crippen molar-refractivity contribution in [1.29, 1.82) is 0 Å². The Kier molecular flexibility index (Phi) is 2.68. The Hall–Kier alpha value is -2.17. The standard InChI is InChI=1S/C11H10N2O3/c1-2-16-11(15)9-6-8(7-14)10-4-3-5-13(10)12-9/h3-7H,2H2,1H3. The van der Waals surface area contributed by atoms with E-state index < -0.39 is 5.97 Å². The molecule has 5 heteroatoms. The van der Waals surface area contributed by atoms with Gasteiger partial charge in [0.15, 0.2) is 12.0 Å². The van der Waals surface area contributed by atoms with Gasteiger partial charge < -0.3 is 4.74 Å². The first-order valence-electron chi connectivity index (χ1n) is 4.87. The molecule has 0 aliphatic rings. The van der Waals surface area contributed by atoms with Crippen LogP contribution in [0, 0.1) is 0 Å². The fourth-order valence-electron chi connectivity index (χ4n) is 1.45. The van der Waals surface area contributed by atoms with E-state index in [9.17, 15) is 9.59 Å². The highest BCUT2D eigenvalue weighted by atomic mass is 16.5. The number of fused-ring (bicyclic) bond motifs is 1. The zero-order valence-corrected chi connectivity index (χ0v) is 8.71. The van der Waals surface area contributed by atoms with Crippen LogP contribution in [0.3, 0.4) is 0 Å². The van der Waals surface area contributed by atoms with Crippen molar-refractivity contribution in [2.24, 2.45) is 0 Å². The summed E-state index contributed by atoms with van der Waals surface area (Å²) in [7, 11) is 0. The fraction of sp³-hybridized carbons (Fsp3) is 0.182. The van der Waals surface area contributed by atoms with Crippen LogP contribution in [0.25, 0.3) is 5.52 Å². The van der Waals surface area contributed by atoms with Crippen LogP contribution >= 0.6 is 0 Å². The van der Waals surface area contributed by atoms with E-state index in [2.05, 4.69) is 5.10 Å². The van der Waals surface area contributed by atoms with Crippen molar-refractivity contribution in [3.05, 3.63) is 35.7 Å². The third kappa shape index (κ3) is 1.67. The zero-order valence-electron chi connectivity index (χ0n) is 8.71. The lowest BCUT2D eigenvalue weighted by Crippen LogP contribution is -2.10. The van der Waals surface area contributed by atoms with Gasteiger partial charge in [-0.05, 0) is 25.1 Å². The molecule has 0 saturated heterocycles. The van der Waals surface area contributed by atoms with E-state index in [0.29, 0.717) is 17.4 Å². The smallest absolute Gasteiger partial charge is 0.358 e. The monoisotopic (exact) mass is 218 g/mol. The van der Waals surface area contributed by atoms with E-state index in [1.165, 1.54) is 10.6 Å². The van der Waals surface area contributed by atoms with Crippen molar-refractivity contribution in [3.8, 4) is 0 Å². The molecule has 0 bridgehead atoms. The van der Waals surface area contributed by atoms with Crippen molar-refractivity contribution < 1.29 is 14.3 Å². The SMILES string of the molecule is CCOC(=O)c1cc(C=O)c2cccn2n1. The number of carbonyl (C=O) groups excluding carboxylic acids is 2. The maximum atomic E-state index is 11.5. The number of nitrogens with zero attached hydrogens (tertiary/aromatic N) is 2. The van der Waals surface area contributed by atoms with Crippen LogP contribution in [0.15, 0.2) is 24.4 Å². The maximum absolute atomic E-state index is 11.5. The predicted octanol–water partition coefficient (Wildman–Crippen LogP) is 1.32. The van der Waals surface area contributed by atoms with Crippen LogP contribution in [-0.2, 0) is 4.74 Å². The molecule has 0 atom stereocenters. The highest BCUT2D eigenvalue weighted by Crippen LogP contribution is 2.11. The number of aromatic nitrogens is 2. The first-order valence-corrected chi connectivity index (χ1v) is 4.87. The van der Waals surface area contributed by atoms with Crippen LogP contribution in [0.2, 0.25) is 0 Å². The summed E-state index contributed by atoms with van der Waals surface area (Å²) in [5.41, 5.74) is 1.22. The molecule has 5 nitrogen and oxygen atoms in total. The van der Waals surface area contributed by atoms with Gasteiger partial charge >= 0.3 is 5.97 Å². The molecule has 16 heavy (non-hydrogen) atoms. The lowest BCUT2D eigenvalue weighted by Gasteiger charge is -2.03. The Labute approximate surface area is 91.6 Å². The highest BCUT2D eigenvalue weighted by molar-refractivity contribution is 5.92. The molecule has 2 aromatic heterocycles. The van der Waals surface area contributed by atoms with E-state index in [4.69, 9.17) is 4.74 Å². The molecule has 2 heterocycles. The first kappa shape index (κ1) is 10.4. The summed E-state index contributed by atoms with van der Waals surface area (Å²) in [5, 5.41) is 4.05. The largest absolute Gasteiger partial charge is 0.461 e. The number of hydrogen-bond donors (Lipinski definition) is 0. The number of rotatable bonds is 3. The minimum atomic E-state index is -0.527. The zero-order chi connectivity index (χ0) is 11.5. The molecule has 0 aliphatic carbocycles. The second-order valence-corrected chi connectivity index (χ2v) is 3.16. The Morgan fingerprint density at radius 2 is 2.44 bits per heavy atom. The van der Waals surface area contributed by atoms with Crippen molar-refractivity contribution in [1.82, 2.24) is 9.61 Å². The summed E-state index contributed by atoms with van der Waals surface area (Å²) in [6, 6.07) is 4.94. The number of aldehydes is 1. The molecular weight excluding hydrogens is 208 g/mol. The van der Waals surface area contributed by atoms with Gasteiger partial charge in [0.25, 0.3) is 0 Å². The minimum absolute atomic E-state index is 0.132. The van der Waals surface area contributed by atoms with Crippen molar-refractivity contribution >= 4 is 17.8 Å². The first-order chi connectivity index (χ1) is 7.76. The van der Waals surface area contributed by atoms with Gasteiger partial charge in [-0.1, -0.05) is 0 Å². The molecule has 0 N–H and O–H groups in total. The van der Waals surface area contributed by atoms with Gasteiger partial charge in [-0.2, -0.15) is 5.10 Å². The highest BCUT2D eigenvalue weighted by Gasteiger charge is 2.12. The maximum Gasteiger partial charge on any atom is 0.358 e. The molecular formula is C11H10N2O3. The van der Waals surface area contributed by atoms with E-state index >= 15 is 0 Å². The van der Waals surface area contributed by atoms with E-state index in [1.807, 2.05) is 0 Å². The molecule has 2 rings (SSSR count). The summed E-state index contributed by atoms with van der Waals surface area (Å²) >= 11 is 0. The van der Waals surface area contributed by atoms with E-state index in [0.717, 1.165) is 0 Å². The Morgan fingerprint density at radius 1 is 1.62 bits per heavy atom. The summed E-state index contributed by atoms with van der Waals surface area (Å²) in [6.45, 7) is 1.99. The second-order valence-electron chi connectivity index (χ2n) is 3.16. The van der Waals surface area contributed by atoms with Crippen molar-refractivity contribution in [2.75, 3.05) is 6.61 Å². The van der Waals surface area contributed by atoms with Gasteiger partial charge in [-0.15, -0.1) is 0 Å². The van der Waals surface area contributed by atoms with Gasteiger partial charge in [0.2, 0.25) is 0 Å². The molecule has 0 unspecified atom stereocenters. The van der Waals surface area contributed by atoms with Crippen LogP contribution < -0.4 is 0 Å². The van der Waals surface area contributed by atoms with Crippen LogP contribution in [-0.4, -0.2) is 28.5 Å². The van der Waals surface area contributed by atoms with Crippen molar-refractivity contribution in [2.45, 2.75) is 6.92 Å². The average Bonchev–Trinajstić information content (AvgIpc) is 2.75. The lowest BCUT2D eigenvalue weighted by atomic mass is 10.2. The molecule has 0 amide bonds. The topological polar surface area (TPSA) is 60.7 Å². The summed E-state index contributed by atoms with van der Waals surface area (Å²) in [6.07, 6.45) is 2.37. The van der Waals surface area contributed by atoms with E-state index in [-0.39, 0.29) is 12.3 Å². The quantitative estimate of drug-likeness (QED) is 0.576. The van der Waals surface area contributed by atoms with Gasteiger partial charge in [0.05, 0.1) is 12.1 Å². The molecule has 0 saturated carbocycles. The molecule has 0 spiro atoms. The van der Waals surface area contributed by atoms with Crippen LogP contribution in [0.4, 0.5) is 0 Å². The Balaban J connectivity index is 2.55.